The number of amides is 2. The van der Waals surface area contributed by atoms with Crippen LogP contribution in [0.2, 0.25) is 5.02 Å². The molecule has 4 aromatic rings. The summed E-state index contributed by atoms with van der Waals surface area (Å²) in [5, 5.41) is 6.94. The molecule has 2 amide bonds. The van der Waals surface area contributed by atoms with Gasteiger partial charge in [-0.3, -0.25) is 9.59 Å². The number of nitrogens with zero attached hydrogens (tertiary/aromatic N) is 1. The van der Waals surface area contributed by atoms with Gasteiger partial charge < -0.3 is 19.5 Å². The van der Waals surface area contributed by atoms with E-state index in [4.69, 9.17) is 25.8 Å². The number of halogens is 1. The Balaban J connectivity index is 1.30. The lowest BCUT2D eigenvalue weighted by atomic mass is 10.1. The van der Waals surface area contributed by atoms with Gasteiger partial charge in [-0.1, -0.05) is 60.1 Å². The average Bonchev–Trinajstić information content (AvgIpc) is 3.46. The van der Waals surface area contributed by atoms with Crippen LogP contribution in [0.4, 0.5) is 0 Å². The predicted molar refractivity (Wildman–Crippen MR) is 153 cm³/mol. The molecule has 0 fully saturated rings. The fourth-order valence-corrected chi connectivity index (χ4v) is 4.00. The van der Waals surface area contributed by atoms with Crippen LogP contribution < -0.4 is 25.0 Å². The molecule has 0 radical (unpaired) electrons. The number of fused-ring (bicyclic) bond motifs is 1. The average molecular weight is 568 g/mol. The number of ether oxygens (including phenoxy) is 3. The summed E-state index contributed by atoms with van der Waals surface area (Å²) in [4.78, 5) is 38.4. The highest BCUT2D eigenvalue weighted by Crippen LogP contribution is 2.33. The molecule has 0 spiro atoms. The Morgan fingerprint density at radius 3 is 2.44 bits per heavy atom. The highest BCUT2D eigenvalue weighted by Gasteiger charge is 2.17. The third-order valence-corrected chi connectivity index (χ3v) is 6.11. The SMILES string of the molecule is O=C(N/N=C\c1cccc(OC(=O)c2ccccc2Cl)c1)/C(=C\c1ccc2c(c1)OCO2)NC(=O)c1ccccc1. The zero-order valence-corrected chi connectivity index (χ0v) is 22.1. The minimum absolute atomic E-state index is 0.0442. The van der Waals surface area contributed by atoms with Gasteiger partial charge in [-0.25, -0.2) is 10.2 Å². The highest BCUT2D eigenvalue weighted by atomic mass is 35.5. The molecule has 0 saturated carbocycles. The van der Waals surface area contributed by atoms with Crippen LogP contribution in [-0.4, -0.2) is 30.8 Å². The number of carbonyl (C=O) groups is 3. The zero-order valence-electron chi connectivity index (χ0n) is 21.4. The Labute approximate surface area is 240 Å². The quantitative estimate of drug-likeness (QED) is 0.0993. The van der Waals surface area contributed by atoms with E-state index < -0.39 is 17.8 Å². The standard InChI is InChI=1S/C31H22ClN3O6/c32-25-12-5-4-11-24(25)31(38)41-23-10-6-7-21(15-23)18-33-35-30(37)26(34-29(36)22-8-2-1-3-9-22)16-20-13-14-27-28(17-20)40-19-39-27/h1-18H,19H2,(H,34,36)(H,35,37)/b26-16+,33-18-. The Bertz CT molecular complexity index is 1670. The third kappa shape index (κ3) is 6.97. The van der Waals surface area contributed by atoms with Gasteiger partial charge in [-0.2, -0.15) is 5.10 Å². The van der Waals surface area contributed by atoms with Crippen molar-refractivity contribution < 1.29 is 28.6 Å². The van der Waals surface area contributed by atoms with Crippen molar-refractivity contribution in [1.82, 2.24) is 10.7 Å². The van der Waals surface area contributed by atoms with Crippen molar-refractivity contribution in [2.75, 3.05) is 6.79 Å². The second kappa shape index (κ2) is 12.6. The van der Waals surface area contributed by atoms with Crippen molar-refractivity contribution in [1.29, 1.82) is 0 Å². The van der Waals surface area contributed by atoms with Crippen LogP contribution >= 0.6 is 11.6 Å². The van der Waals surface area contributed by atoms with E-state index in [0.29, 0.717) is 28.2 Å². The predicted octanol–water partition coefficient (Wildman–Crippen LogP) is 5.21. The first-order valence-electron chi connectivity index (χ1n) is 12.3. The van der Waals surface area contributed by atoms with Crippen LogP contribution in [0, 0.1) is 0 Å². The van der Waals surface area contributed by atoms with E-state index in [1.54, 1.807) is 97.1 Å². The van der Waals surface area contributed by atoms with E-state index in [2.05, 4.69) is 15.8 Å². The monoisotopic (exact) mass is 567 g/mol. The molecule has 0 bridgehead atoms. The number of esters is 1. The van der Waals surface area contributed by atoms with Crippen LogP contribution in [0.5, 0.6) is 17.2 Å². The maximum Gasteiger partial charge on any atom is 0.345 e. The lowest BCUT2D eigenvalue weighted by Gasteiger charge is -2.09. The molecular formula is C31H22ClN3O6. The second-order valence-electron chi connectivity index (χ2n) is 8.63. The van der Waals surface area contributed by atoms with Gasteiger partial charge in [0.2, 0.25) is 6.79 Å². The summed E-state index contributed by atoms with van der Waals surface area (Å²) in [6.07, 6.45) is 2.88. The lowest BCUT2D eigenvalue weighted by Crippen LogP contribution is -2.32. The minimum Gasteiger partial charge on any atom is -0.454 e. The highest BCUT2D eigenvalue weighted by molar-refractivity contribution is 6.33. The van der Waals surface area contributed by atoms with Gasteiger partial charge in [0.15, 0.2) is 11.5 Å². The van der Waals surface area contributed by atoms with Gasteiger partial charge in [0.25, 0.3) is 11.8 Å². The molecule has 0 atom stereocenters. The molecule has 10 heteroatoms. The molecule has 4 aromatic carbocycles. The fourth-order valence-electron chi connectivity index (χ4n) is 3.78. The number of carbonyl (C=O) groups excluding carboxylic acids is 3. The van der Waals surface area contributed by atoms with Crippen molar-refractivity contribution >= 4 is 41.7 Å². The Morgan fingerprint density at radius 1 is 0.829 bits per heavy atom. The number of hydrogen-bond donors (Lipinski definition) is 2. The molecule has 0 saturated heterocycles. The van der Waals surface area contributed by atoms with E-state index in [0.717, 1.165) is 0 Å². The maximum absolute atomic E-state index is 13.1. The fraction of sp³-hybridized carbons (Fsp3) is 0.0323. The summed E-state index contributed by atoms with van der Waals surface area (Å²) in [5.74, 6) is -0.352. The number of nitrogens with one attached hydrogen (secondary N) is 2. The number of benzene rings is 4. The first-order chi connectivity index (χ1) is 20.0. The van der Waals surface area contributed by atoms with Crippen LogP contribution in [0.3, 0.4) is 0 Å². The third-order valence-electron chi connectivity index (χ3n) is 5.78. The molecule has 41 heavy (non-hydrogen) atoms. The molecule has 0 aliphatic carbocycles. The number of hydrazone groups is 1. The summed E-state index contributed by atoms with van der Waals surface area (Å²) in [7, 11) is 0. The van der Waals surface area contributed by atoms with E-state index >= 15 is 0 Å². The lowest BCUT2D eigenvalue weighted by molar-refractivity contribution is -0.117. The number of hydrogen-bond acceptors (Lipinski definition) is 7. The molecule has 1 aliphatic heterocycles. The van der Waals surface area contributed by atoms with Crippen molar-refractivity contribution in [2.45, 2.75) is 0 Å². The summed E-state index contributed by atoms with van der Waals surface area (Å²) in [6, 6.07) is 26.8. The zero-order chi connectivity index (χ0) is 28.6. The van der Waals surface area contributed by atoms with Crippen molar-refractivity contribution in [3.8, 4) is 17.2 Å². The molecule has 1 heterocycles. The van der Waals surface area contributed by atoms with E-state index in [9.17, 15) is 14.4 Å². The molecule has 9 nitrogen and oxygen atoms in total. The van der Waals surface area contributed by atoms with Gasteiger partial charge in [0.1, 0.15) is 11.4 Å². The van der Waals surface area contributed by atoms with Crippen molar-refractivity contribution in [3.05, 3.63) is 130 Å². The largest absolute Gasteiger partial charge is 0.454 e. The molecule has 5 rings (SSSR count). The molecule has 204 valence electrons. The van der Waals surface area contributed by atoms with Crippen molar-refractivity contribution in [3.63, 3.8) is 0 Å². The topological polar surface area (TPSA) is 115 Å². The first kappa shape index (κ1) is 27.2. The maximum atomic E-state index is 13.1. The van der Waals surface area contributed by atoms with E-state index in [1.165, 1.54) is 12.3 Å². The smallest absolute Gasteiger partial charge is 0.345 e. The van der Waals surface area contributed by atoms with Gasteiger partial charge in [-0.05, 0) is 65.7 Å². The van der Waals surface area contributed by atoms with Gasteiger partial charge >= 0.3 is 5.97 Å². The van der Waals surface area contributed by atoms with Crippen LogP contribution in [0.1, 0.15) is 31.8 Å². The molecule has 0 aromatic heterocycles. The Kier molecular flexibility index (Phi) is 8.37. The van der Waals surface area contributed by atoms with Gasteiger partial charge in [0, 0.05) is 5.56 Å². The summed E-state index contributed by atoms with van der Waals surface area (Å²) < 4.78 is 16.2. The summed E-state index contributed by atoms with van der Waals surface area (Å²) in [5.41, 5.74) is 4.14. The Morgan fingerprint density at radius 2 is 1.61 bits per heavy atom. The Hall–Kier alpha value is -5.41. The van der Waals surface area contributed by atoms with Crippen LogP contribution in [-0.2, 0) is 4.79 Å². The van der Waals surface area contributed by atoms with E-state index in [1.807, 2.05) is 0 Å². The normalized spacial score (nSPS) is 12.2. The van der Waals surface area contributed by atoms with Crippen LogP contribution in [0.25, 0.3) is 6.08 Å². The van der Waals surface area contributed by atoms with E-state index in [-0.39, 0.29) is 28.8 Å². The molecule has 0 unspecified atom stereocenters. The van der Waals surface area contributed by atoms with Gasteiger partial charge in [-0.15, -0.1) is 0 Å². The first-order valence-corrected chi connectivity index (χ1v) is 12.7. The summed E-state index contributed by atoms with van der Waals surface area (Å²) >= 11 is 6.08. The summed E-state index contributed by atoms with van der Waals surface area (Å²) in [6.45, 7) is 0.107. The van der Waals surface area contributed by atoms with Crippen LogP contribution in [0.15, 0.2) is 108 Å². The molecular weight excluding hydrogens is 546 g/mol. The second-order valence-corrected chi connectivity index (χ2v) is 9.04. The number of rotatable bonds is 8. The van der Waals surface area contributed by atoms with Crippen molar-refractivity contribution in [2.24, 2.45) is 5.10 Å². The van der Waals surface area contributed by atoms with Gasteiger partial charge in [0.05, 0.1) is 16.8 Å². The molecule has 1 aliphatic rings. The molecule has 2 N–H and O–H groups in total. The minimum atomic E-state index is -0.663.